The number of hydrogen-bond acceptors (Lipinski definition) is 5. The van der Waals surface area contributed by atoms with E-state index in [9.17, 15) is 14.4 Å². The lowest BCUT2D eigenvalue weighted by Crippen LogP contribution is -2.58. The Morgan fingerprint density at radius 2 is 1.80 bits per heavy atom. The van der Waals surface area contributed by atoms with Gasteiger partial charge in [-0.3, -0.25) is 14.4 Å². The third kappa shape index (κ3) is 5.80. The van der Waals surface area contributed by atoms with Crippen molar-refractivity contribution in [1.82, 2.24) is 10.2 Å². The minimum atomic E-state index is -0.882. The van der Waals surface area contributed by atoms with Gasteiger partial charge < -0.3 is 19.7 Å². The highest BCUT2D eigenvalue weighted by Crippen LogP contribution is 2.27. The van der Waals surface area contributed by atoms with Gasteiger partial charge in [0.25, 0.3) is 0 Å². The van der Waals surface area contributed by atoms with Crippen LogP contribution in [0.4, 0.5) is 0 Å². The Balaban J connectivity index is 1.42. The summed E-state index contributed by atoms with van der Waals surface area (Å²) in [6, 6.07) is 20.5. The second kappa shape index (κ2) is 11.0. The molecule has 0 saturated carbocycles. The van der Waals surface area contributed by atoms with Gasteiger partial charge in [0.05, 0.1) is 26.1 Å². The summed E-state index contributed by atoms with van der Waals surface area (Å²) in [4.78, 5) is 40.1. The van der Waals surface area contributed by atoms with E-state index in [1.165, 1.54) is 4.90 Å². The van der Waals surface area contributed by atoms with Crippen LogP contribution < -0.4 is 10.1 Å². The standard InChI is InChI=1S/C28H30N2O5/c1-19(21-8-9-23-17-24(34-2)11-10-22(23)16-21)28(33)30-14-13-29-27(32)25(30)18-26(31)35-15-12-20-6-4-3-5-7-20/h3-11,16-17,19,25H,12-15,18H2,1-2H3,(H,29,32)/t19-,25?/m0/s1. The molecule has 0 aliphatic carbocycles. The molecule has 7 heteroatoms. The molecule has 0 spiro atoms. The molecule has 0 radical (unpaired) electrons. The van der Waals surface area contributed by atoms with Crippen molar-refractivity contribution >= 4 is 28.6 Å². The highest BCUT2D eigenvalue weighted by molar-refractivity contribution is 5.94. The Labute approximate surface area is 205 Å². The minimum Gasteiger partial charge on any atom is -0.497 e. The van der Waals surface area contributed by atoms with E-state index in [1.54, 1.807) is 7.11 Å². The van der Waals surface area contributed by atoms with Crippen molar-refractivity contribution in [2.45, 2.75) is 31.7 Å². The average Bonchev–Trinajstić information content (AvgIpc) is 2.89. The maximum atomic E-state index is 13.4. The summed E-state index contributed by atoms with van der Waals surface area (Å²) in [5.41, 5.74) is 1.91. The van der Waals surface area contributed by atoms with Crippen molar-refractivity contribution in [3.8, 4) is 5.75 Å². The Morgan fingerprint density at radius 1 is 1.06 bits per heavy atom. The van der Waals surface area contributed by atoms with Gasteiger partial charge in [-0.05, 0) is 41.0 Å². The molecule has 182 valence electrons. The third-order valence-corrected chi connectivity index (χ3v) is 6.41. The zero-order chi connectivity index (χ0) is 24.8. The molecular weight excluding hydrogens is 444 g/mol. The first-order chi connectivity index (χ1) is 17.0. The van der Waals surface area contributed by atoms with Crippen LogP contribution in [0.15, 0.2) is 66.7 Å². The molecule has 0 bridgehead atoms. The number of amides is 2. The number of ether oxygens (including phenoxy) is 2. The molecule has 2 amide bonds. The van der Waals surface area contributed by atoms with Crippen molar-refractivity contribution in [3.05, 3.63) is 77.9 Å². The molecule has 0 aromatic heterocycles. The quantitative estimate of drug-likeness (QED) is 0.506. The van der Waals surface area contributed by atoms with E-state index in [0.29, 0.717) is 19.5 Å². The Hall–Kier alpha value is -3.87. The fraction of sp³-hybridized carbons (Fsp3) is 0.321. The van der Waals surface area contributed by atoms with Gasteiger partial charge in [-0.15, -0.1) is 0 Å². The molecule has 1 heterocycles. The van der Waals surface area contributed by atoms with Crippen LogP contribution in [-0.4, -0.2) is 55.5 Å². The number of fused-ring (bicyclic) bond motifs is 1. The highest BCUT2D eigenvalue weighted by atomic mass is 16.5. The summed E-state index contributed by atoms with van der Waals surface area (Å²) >= 11 is 0. The summed E-state index contributed by atoms with van der Waals surface area (Å²) < 4.78 is 10.7. The number of methoxy groups -OCH3 is 1. The molecule has 3 aromatic carbocycles. The van der Waals surface area contributed by atoms with Crippen LogP contribution in [0.5, 0.6) is 5.75 Å². The molecule has 1 fully saturated rings. The molecule has 4 rings (SSSR count). The normalized spacial score (nSPS) is 16.5. The Morgan fingerprint density at radius 3 is 2.57 bits per heavy atom. The molecule has 1 aliphatic rings. The van der Waals surface area contributed by atoms with Gasteiger partial charge in [0.1, 0.15) is 11.8 Å². The number of nitrogens with zero attached hydrogens (tertiary/aromatic N) is 1. The largest absolute Gasteiger partial charge is 0.497 e. The zero-order valence-corrected chi connectivity index (χ0v) is 20.0. The smallest absolute Gasteiger partial charge is 0.308 e. The lowest BCUT2D eigenvalue weighted by Gasteiger charge is -2.36. The van der Waals surface area contributed by atoms with Gasteiger partial charge in [-0.2, -0.15) is 0 Å². The molecule has 1 aliphatic heterocycles. The van der Waals surface area contributed by atoms with Crippen LogP contribution in [0, 0.1) is 0 Å². The van der Waals surface area contributed by atoms with Gasteiger partial charge in [-0.1, -0.05) is 54.6 Å². The number of nitrogens with one attached hydrogen (secondary N) is 1. The van der Waals surface area contributed by atoms with Gasteiger partial charge >= 0.3 is 5.97 Å². The van der Waals surface area contributed by atoms with E-state index in [4.69, 9.17) is 9.47 Å². The molecule has 1 unspecified atom stereocenters. The van der Waals surface area contributed by atoms with Crippen molar-refractivity contribution in [2.24, 2.45) is 0 Å². The summed E-state index contributed by atoms with van der Waals surface area (Å²) in [5.74, 6) is -0.707. The van der Waals surface area contributed by atoms with Crippen molar-refractivity contribution < 1.29 is 23.9 Å². The predicted molar refractivity (Wildman–Crippen MR) is 133 cm³/mol. The van der Waals surface area contributed by atoms with Crippen LogP contribution >= 0.6 is 0 Å². The van der Waals surface area contributed by atoms with Gasteiger partial charge in [0.2, 0.25) is 11.8 Å². The van der Waals surface area contributed by atoms with Crippen LogP contribution in [-0.2, 0) is 25.5 Å². The maximum absolute atomic E-state index is 13.4. The van der Waals surface area contributed by atoms with Gasteiger partial charge in [-0.25, -0.2) is 0 Å². The second-order valence-corrected chi connectivity index (χ2v) is 8.69. The number of carbonyl (C=O) groups excluding carboxylic acids is 3. The summed E-state index contributed by atoms with van der Waals surface area (Å²) in [5, 5.41) is 4.78. The number of benzene rings is 3. The fourth-order valence-electron chi connectivity index (χ4n) is 4.36. The van der Waals surface area contributed by atoms with Crippen LogP contribution in [0.3, 0.4) is 0 Å². The van der Waals surface area contributed by atoms with E-state index < -0.39 is 17.9 Å². The lowest BCUT2D eigenvalue weighted by atomic mass is 9.95. The molecule has 3 aromatic rings. The van der Waals surface area contributed by atoms with E-state index in [-0.39, 0.29) is 24.8 Å². The Bertz CT molecular complexity index is 1210. The average molecular weight is 475 g/mol. The first-order valence-corrected chi connectivity index (χ1v) is 11.8. The first kappa shape index (κ1) is 24.3. The van der Waals surface area contributed by atoms with Crippen LogP contribution in [0.2, 0.25) is 0 Å². The van der Waals surface area contributed by atoms with Gasteiger partial charge in [0, 0.05) is 19.5 Å². The van der Waals surface area contributed by atoms with Crippen molar-refractivity contribution in [2.75, 3.05) is 26.8 Å². The highest BCUT2D eigenvalue weighted by Gasteiger charge is 2.37. The van der Waals surface area contributed by atoms with Crippen LogP contribution in [0.25, 0.3) is 10.8 Å². The lowest BCUT2D eigenvalue weighted by molar-refractivity contribution is -0.152. The minimum absolute atomic E-state index is 0.170. The molecule has 35 heavy (non-hydrogen) atoms. The zero-order valence-electron chi connectivity index (χ0n) is 20.0. The summed E-state index contributed by atoms with van der Waals surface area (Å²) in [6.07, 6.45) is 0.424. The molecular formula is C28H30N2O5. The van der Waals surface area contributed by atoms with E-state index in [0.717, 1.165) is 27.6 Å². The maximum Gasteiger partial charge on any atom is 0.308 e. The first-order valence-electron chi connectivity index (χ1n) is 11.8. The summed E-state index contributed by atoms with van der Waals surface area (Å²) in [7, 11) is 1.63. The molecule has 7 nitrogen and oxygen atoms in total. The van der Waals surface area contributed by atoms with Gasteiger partial charge in [0.15, 0.2) is 0 Å². The molecule has 1 N–H and O–H groups in total. The second-order valence-electron chi connectivity index (χ2n) is 8.69. The van der Waals surface area contributed by atoms with E-state index >= 15 is 0 Å². The topological polar surface area (TPSA) is 84.9 Å². The predicted octanol–water partition coefficient (Wildman–Crippen LogP) is 3.45. The number of rotatable bonds is 8. The van der Waals surface area contributed by atoms with E-state index in [2.05, 4.69) is 5.32 Å². The fourth-order valence-corrected chi connectivity index (χ4v) is 4.36. The Kier molecular flexibility index (Phi) is 7.65. The van der Waals surface area contributed by atoms with Crippen LogP contribution in [0.1, 0.15) is 30.4 Å². The SMILES string of the molecule is COc1ccc2cc([C@H](C)C(=O)N3CCNC(=O)C3CC(=O)OCCc3ccccc3)ccc2c1. The van der Waals surface area contributed by atoms with E-state index in [1.807, 2.05) is 73.7 Å². The number of hydrogen-bond donors (Lipinski definition) is 1. The number of esters is 1. The van der Waals surface area contributed by atoms with Crippen molar-refractivity contribution in [1.29, 1.82) is 0 Å². The monoisotopic (exact) mass is 474 g/mol. The third-order valence-electron chi connectivity index (χ3n) is 6.41. The number of carbonyl (C=O) groups is 3. The molecule has 2 atom stereocenters. The van der Waals surface area contributed by atoms with Crippen molar-refractivity contribution in [3.63, 3.8) is 0 Å². The number of piperazine rings is 1. The summed E-state index contributed by atoms with van der Waals surface area (Å²) in [6.45, 7) is 2.76. The molecule has 1 saturated heterocycles.